The normalized spacial score (nSPS) is 20.1. The molecular weight excluding hydrogens is 286 g/mol. The zero-order valence-corrected chi connectivity index (χ0v) is 12.1. The molecule has 0 heterocycles. The molecule has 0 aliphatic heterocycles. The van der Waals surface area contributed by atoms with E-state index >= 15 is 0 Å². The zero-order valence-electron chi connectivity index (χ0n) is 11.3. The summed E-state index contributed by atoms with van der Waals surface area (Å²) < 4.78 is 27.1. The molecule has 2 atom stereocenters. The summed E-state index contributed by atoms with van der Waals surface area (Å²) >= 11 is 0. The van der Waals surface area contributed by atoms with Crippen molar-refractivity contribution in [3.8, 4) is 0 Å². The van der Waals surface area contributed by atoms with E-state index in [1.165, 1.54) is 18.2 Å². The van der Waals surface area contributed by atoms with Crippen LogP contribution in [0.25, 0.3) is 0 Å². The number of nitrogens with one attached hydrogen (secondary N) is 2. The first-order valence-electron chi connectivity index (χ1n) is 6.51. The van der Waals surface area contributed by atoms with Crippen LogP contribution in [0, 0.1) is 17.6 Å². The molecule has 1 aromatic carbocycles. The summed E-state index contributed by atoms with van der Waals surface area (Å²) in [6.45, 7) is 1.42. The van der Waals surface area contributed by atoms with Gasteiger partial charge in [-0.15, -0.1) is 12.4 Å². The minimum absolute atomic E-state index is 0. The highest BCUT2D eigenvalue weighted by molar-refractivity contribution is 5.85. The topological polar surface area (TPSA) is 41.1 Å². The van der Waals surface area contributed by atoms with E-state index in [4.69, 9.17) is 0 Å². The minimum atomic E-state index is -0.560. The second-order valence-electron chi connectivity index (χ2n) is 4.83. The Labute approximate surface area is 123 Å². The van der Waals surface area contributed by atoms with E-state index in [0.29, 0.717) is 13.0 Å². The number of benzene rings is 1. The van der Waals surface area contributed by atoms with E-state index in [2.05, 4.69) is 10.6 Å². The standard InChI is InChI=1S/C14H18F2N2O.ClH/c1-17-6-3-7-18-14(19)10-8-9(10)13-11(15)4-2-5-12(13)16;/h2,4-5,9-10,17H,3,6-8H2,1H3,(H,18,19);1H. The molecule has 6 heteroatoms. The van der Waals surface area contributed by atoms with E-state index < -0.39 is 11.6 Å². The Morgan fingerprint density at radius 3 is 2.55 bits per heavy atom. The Morgan fingerprint density at radius 1 is 1.30 bits per heavy atom. The number of amides is 1. The molecule has 0 radical (unpaired) electrons. The average molecular weight is 305 g/mol. The van der Waals surface area contributed by atoms with Gasteiger partial charge in [-0.3, -0.25) is 4.79 Å². The van der Waals surface area contributed by atoms with Gasteiger partial charge in [0.05, 0.1) is 0 Å². The van der Waals surface area contributed by atoms with Crippen LogP contribution in [0.15, 0.2) is 18.2 Å². The Bertz CT molecular complexity index is 450. The van der Waals surface area contributed by atoms with E-state index in [1.807, 2.05) is 7.05 Å². The number of carbonyl (C=O) groups is 1. The molecule has 112 valence electrons. The Kier molecular flexibility index (Phi) is 6.36. The number of rotatable bonds is 6. The lowest BCUT2D eigenvalue weighted by atomic mass is 10.1. The maximum Gasteiger partial charge on any atom is 0.223 e. The van der Waals surface area contributed by atoms with Crippen molar-refractivity contribution in [3.05, 3.63) is 35.4 Å². The Morgan fingerprint density at radius 2 is 1.95 bits per heavy atom. The lowest BCUT2D eigenvalue weighted by Crippen LogP contribution is -2.28. The average Bonchev–Trinajstić information content (AvgIpc) is 3.14. The van der Waals surface area contributed by atoms with Gasteiger partial charge in [-0.2, -0.15) is 0 Å². The zero-order chi connectivity index (χ0) is 13.8. The lowest BCUT2D eigenvalue weighted by molar-refractivity contribution is -0.122. The molecule has 1 fully saturated rings. The molecule has 3 nitrogen and oxygen atoms in total. The van der Waals surface area contributed by atoms with Crippen LogP contribution in [-0.2, 0) is 4.79 Å². The highest BCUT2D eigenvalue weighted by Crippen LogP contribution is 2.49. The summed E-state index contributed by atoms with van der Waals surface area (Å²) in [6.07, 6.45) is 1.36. The molecule has 1 aliphatic rings. The summed E-state index contributed by atoms with van der Waals surface area (Å²) in [5.41, 5.74) is 0.0536. The third-order valence-corrected chi connectivity index (χ3v) is 3.40. The van der Waals surface area contributed by atoms with Gasteiger partial charge in [-0.1, -0.05) is 6.07 Å². The smallest absolute Gasteiger partial charge is 0.223 e. The van der Waals surface area contributed by atoms with Crippen molar-refractivity contribution in [2.24, 2.45) is 5.92 Å². The number of hydrogen-bond acceptors (Lipinski definition) is 2. The predicted molar refractivity (Wildman–Crippen MR) is 76.0 cm³/mol. The van der Waals surface area contributed by atoms with Gasteiger partial charge < -0.3 is 10.6 Å². The molecule has 1 aliphatic carbocycles. The van der Waals surface area contributed by atoms with Gasteiger partial charge in [0.15, 0.2) is 0 Å². The van der Waals surface area contributed by atoms with Crippen LogP contribution in [0.3, 0.4) is 0 Å². The van der Waals surface area contributed by atoms with Crippen molar-refractivity contribution in [2.45, 2.75) is 18.8 Å². The SMILES string of the molecule is CNCCCNC(=O)C1CC1c1c(F)cccc1F.Cl. The second kappa shape index (κ2) is 7.55. The first kappa shape index (κ1) is 16.9. The lowest BCUT2D eigenvalue weighted by Gasteiger charge is -2.06. The summed E-state index contributed by atoms with van der Waals surface area (Å²) in [4.78, 5) is 11.8. The molecule has 20 heavy (non-hydrogen) atoms. The quantitative estimate of drug-likeness (QED) is 0.791. The highest BCUT2D eigenvalue weighted by Gasteiger charge is 2.46. The van der Waals surface area contributed by atoms with Crippen LogP contribution in [0.2, 0.25) is 0 Å². The van der Waals surface area contributed by atoms with Gasteiger partial charge in [0, 0.05) is 23.9 Å². The van der Waals surface area contributed by atoms with Gasteiger partial charge in [0.25, 0.3) is 0 Å². The minimum Gasteiger partial charge on any atom is -0.356 e. The summed E-state index contributed by atoms with van der Waals surface area (Å²) in [7, 11) is 1.85. The molecule has 2 rings (SSSR count). The largest absolute Gasteiger partial charge is 0.356 e. The molecule has 1 aromatic rings. The van der Waals surface area contributed by atoms with Crippen LogP contribution >= 0.6 is 12.4 Å². The molecule has 0 spiro atoms. The monoisotopic (exact) mass is 304 g/mol. The highest BCUT2D eigenvalue weighted by atomic mass is 35.5. The first-order valence-corrected chi connectivity index (χ1v) is 6.51. The van der Waals surface area contributed by atoms with Crippen LogP contribution in [0.5, 0.6) is 0 Å². The van der Waals surface area contributed by atoms with E-state index in [-0.39, 0.29) is 35.7 Å². The summed E-state index contributed by atoms with van der Waals surface area (Å²) in [6, 6.07) is 3.81. The van der Waals surface area contributed by atoms with Crippen LogP contribution in [-0.4, -0.2) is 26.0 Å². The van der Waals surface area contributed by atoms with Gasteiger partial charge in [-0.25, -0.2) is 8.78 Å². The van der Waals surface area contributed by atoms with Crippen molar-refractivity contribution in [3.63, 3.8) is 0 Å². The Balaban J connectivity index is 0.00000200. The molecular formula is C14H19ClF2N2O. The van der Waals surface area contributed by atoms with Crippen molar-refractivity contribution in [1.82, 2.24) is 10.6 Å². The van der Waals surface area contributed by atoms with Crippen molar-refractivity contribution < 1.29 is 13.6 Å². The van der Waals surface area contributed by atoms with Crippen LogP contribution in [0.1, 0.15) is 24.3 Å². The Hall–Kier alpha value is -1.20. The van der Waals surface area contributed by atoms with E-state index in [9.17, 15) is 13.6 Å². The van der Waals surface area contributed by atoms with Crippen molar-refractivity contribution in [2.75, 3.05) is 20.1 Å². The molecule has 1 saturated carbocycles. The van der Waals surface area contributed by atoms with E-state index in [1.54, 1.807) is 0 Å². The fourth-order valence-corrected chi connectivity index (χ4v) is 2.28. The fourth-order valence-electron chi connectivity index (χ4n) is 2.28. The molecule has 2 unspecified atom stereocenters. The van der Waals surface area contributed by atoms with Crippen molar-refractivity contribution in [1.29, 1.82) is 0 Å². The first-order chi connectivity index (χ1) is 9.15. The maximum absolute atomic E-state index is 13.6. The van der Waals surface area contributed by atoms with Gasteiger partial charge >= 0.3 is 0 Å². The maximum atomic E-state index is 13.6. The van der Waals surface area contributed by atoms with Gasteiger partial charge in [0.1, 0.15) is 11.6 Å². The predicted octanol–water partition coefficient (Wildman–Crippen LogP) is 2.22. The number of hydrogen-bond donors (Lipinski definition) is 2. The summed E-state index contributed by atoms with van der Waals surface area (Å²) in [5, 5.41) is 5.78. The third-order valence-electron chi connectivity index (χ3n) is 3.40. The molecule has 0 aromatic heterocycles. The van der Waals surface area contributed by atoms with Gasteiger partial charge in [-0.05, 0) is 38.6 Å². The third kappa shape index (κ3) is 3.90. The molecule has 0 bridgehead atoms. The van der Waals surface area contributed by atoms with Crippen molar-refractivity contribution >= 4 is 18.3 Å². The number of halogens is 3. The van der Waals surface area contributed by atoms with Gasteiger partial charge in [0.2, 0.25) is 5.91 Å². The fraction of sp³-hybridized carbons (Fsp3) is 0.500. The molecule has 0 saturated heterocycles. The molecule has 2 N–H and O–H groups in total. The summed E-state index contributed by atoms with van der Waals surface area (Å²) in [5.74, 6) is -1.83. The number of carbonyl (C=O) groups excluding carboxylic acids is 1. The van der Waals surface area contributed by atoms with Crippen LogP contribution < -0.4 is 10.6 Å². The van der Waals surface area contributed by atoms with Crippen LogP contribution in [0.4, 0.5) is 8.78 Å². The van der Waals surface area contributed by atoms with E-state index in [0.717, 1.165) is 13.0 Å². The second-order valence-corrected chi connectivity index (χ2v) is 4.83. The molecule has 1 amide bonds.